The second kappa shape index (κ2) is 6.51. The van der Waals surface area contributed by atoms with Crippen LogP contribution >= 0.6 is 12.2 Å². The molecule has 0 spiro atoms. The van der Waals surface area contributed by atoms with Crippen LogP contribution in [-0.2, 0) is 6.42 Å². The first-order chi connectivity index (χ1) is 12.6. The summed E-state index contributed by atoms with van der Waals surface area (Å²) < 4.78 is 14.6. The third-order valence-electron chi connectivity index (χ3n) is 4.60. The summed E-state index contributed by atoms with van der Waals surface area (Å²) in [5.74, 6) is -0.646. The Kier molecular flexibility index (Phi) is 4.18. The van der Waals surface area contributed by atoms with E-state index in [2.05, 4.69) is 10.3 Å². The highest BCUT2D eigenvalue weighted by atomic mass is 32.1. The zero-order chi connectivity index (χ0) is 18.3. The van der Waals surface area contributed by atoms with E-state index >= 15 is 0 Å². The van der Waals surface area contributed by atoms with E-state index in [1.165, 1.54) is 28.8 Å². The second-order valence-corrected chi connectivity index (χ2v) is 6.53. The van der Waals surface area contributed by atoms with Crippen LogP contribution in [-0.4, -0.2) is 21.2 Å². The first-order valence-corrected chi connectivity index (χ1v) is 8.62. The van der Waals surface area contributed by atoms with Crippen molar-refractivity contribution in [2.24, 2.45) is 0 Å². The van der Waals surface area contributed by atoms with Gasteiger partial charge >= 0.3 is 0 Å². The zero-order valence-electron chi connectivity index (χ0n) is 13.7. The molecule has 7 heteroatoms. The van der Waals surface area contributed by atoms with E-state index in [1.54, 1.807) is 0 Å². The van der Waals surface area contributed by atoms with Crippen LogP contribution in [0.5, 0.6) is 5.88 Å². The molecule has 2 heterocycles. The van der Waals surface area contributed by atoms with E-state index in [0.29, 0.717) is 12.2 Å². The van der Waals surface area contributed by atoms with Gasteiger partial charge in [-0.1, -0.05) is 24.3 Å². The molecule has 5 nitrogen and oxygen atoms in total. The lowest BCUT2D eigenvalue weighted by atomic mass is 9.90. The summed E-state index contributed by atoms with van der Waals surface area (Å²) >= 11 is 5.21. The Balaban J connectivity index is 1.94. The molecule has 26 heavy (non-hydrogen) atoms. The van der Waals surface area contributed by atoms with Crippen molar-refractivity contribution in [1.82, 2.24) is 14.9 Å². The topological polar surface area (TPSA) is 70.0 Å². The molecule has 1 unspecified atom stereocenters. The molecule has 1 aliphatic heterocycles. The lowest BCUT2D eigenvalue weighted by molar-refractivity contribution is 0.413. The predicted octanol–water partition coefficient (Wildman–Crippen LogP) is 2.97. The quantitative estimate of drug-likeness (QED) is 0.608. The van der Waals surface area contributed by atoms with Gasteiger partial charge in [-0.25, -0.2) is 4.39 Å². The van der Waals surface area contributed by atoms with Crippen molar-refractivity contribution in [2.45, 2.75) is 12.5 Å². The number of H-pyrrole nitrogens is 1. The average Bonchev–Trinajstić information content (AvgIpc) is 2.63. The van der Waals surface area contributed by atoms with E-state index in [4.69, 9.17) is 12.2 Å². The minimum atomic E-state index is -0.453. The summed E-state index contributed by atoms with van der Waals surface area (Å²) in [4.78, 5) is 15.2. The van der Waals surface area contributed by atoms with Crippen LogP contribution in [0.3, 0.4) is 0 Å². The Labute approximate surface area is 153 Å². The Hall–Kier alpha value is -2.77. The molecular weight excluding hydrogens is 353 g/mol. The first kappa shape index (κ1) is 16.7. The van der Waals surface area contributed by atoms with Crippen molar-refractivity contribution in [2.75, 3.05) is 6.54 Å². The van der Waals surface area contributed by atoms with Crippen LogP contribution in [0.1, 0.15) is 22.7 Å². The van der Waals surface area contributed by atoms with Gasteiger partial charge < -0.3 is 10.4 Å². The van der Waals surface area contributed by atoms with Gasteiger partial charge in [0.2, 0.25) is 5.88 Å². The average molecular weight is 369 g/mol. The molecule has 2 aromatic carbocycles. The molecule has 1 atom stereocenters. The van der Waals surface area contributed by atoms with Gasteiger partial charge in [0, 0.05) is 6.54 Å². The minimum Gasteiger partial charge on any atom is -0.494 e. The van der Waals surface area contributed by atoms with Gasteiger partial charge in [-0.05, 0) is 54.0 Å². The number of aromatic nitrogens is 2. The smallest absolute Gasteiger partial charge is 0.260 e. The molecule has 1 aromatic heterocycles. The summed E-state index contributed by atoms with van der Waals surface area (Å²) in [5.41, 5.74) is 2.29. The molecule has 132 valence electrons. The molecule has 3 aromatic rings. The molecule has 0 fully saturated rings. The van der Waals surface area contributed by atoms with Crippen LogP contribution in [0.15, 0.2) is 53.3 Å². The number of aromatic hydroxyl groups is 1. The minimum absolute atomic E-state index is 0.0481. The highest BCUT2D eigenvalue weighted by Crippen LogP contribution is 2.32. The van der Waals surface area contributed by atoms with E-state index in [1.807, 2.05) is 24.3 Å². The molecule has 0 radical (unpaired) electrons. The second-order valence-electron chi connectivity index (χ2n) is 6.14. The largest absolute Gasteiger partial charge is 0.494 e. The number of nitrogens with one attached hydrogen (secondary N) is 2. The number of aromatic amines is 1. The number of benzene rings is 2. The van der Waals surface area contributed by atoms with E-state index in [0.717, 1.165) is 17.5 Å². The Morgan fingerprint density at radius 3 is 2.65 bits per heavy atom. The van der Waals surface area contributed by atoms with Gasteiger partial charge in [0.1, 0.15) is 5.82 Å². The highest BCUT2D eigenvalue weighted by molar-refractivity contribution is 7.71. The van der Waals surface area contributed by atoms with Gasteiger partial charge in [-0.15, -0.1) is 0 Å². The summed E-state index contributed by atoms with van der Waals surface area (Å²) in [5, 5.41) is 14.2. The Bertz CT molecular complexity index is 1090. The summed E-state index contributed by atoms with van der Waals surface area (Å²) in [6, 6.07) is 12.9. The van der Waals surface area contributed by atoms with Crippen LogP contribution in [0.25, 0.3) is 5.69 Å². The maximum atomic E-state index is 13.2. The predicted molar refractivity (Wildman–Crippen MR) is 98.8 cm³/mol. The fourth-order valence-corrected chi connectivity index (χ4v) is 3.68. The maximum Gasteiger partial charge on any atom is 0.260 e. The molecule has 0 saturated carbocycles. The van der Waals surface area contributed by atoms with Gasteiger partial charge in [0.15, 0.2) is 4.77 Å². The SMILES string of the molecule is O=c1[nH]c(=S)n(-c2ccc(F)cc2)c(O)c1C1NCCc2ccccc21. The third kappa shape index (κ3) is 2.75. The van der Waals surface area contributed by atoms with Crippen LogP contribution < -0.4 is 10.9 Å². The Morgan fingerprint density at radius 2 is 1.88 bits per heavy atom. The monoisotopic (exact) mass is 369 g/mol. The lowest BCUT2D eigenvalue weighted by Gasteiger charge is -2.27. The first-order valence-electron chi connectivity index (χ1n) is 8.21. The summed E-state index contributed by atoms with van der Waals surface area (Å²) in [6.45, 7) is 0.687. The number of fused-ring (bicyclic) bond motifs is 1. The number of hydrogen-bond donors (Lipinski definition) is 3. The Morgan fingerprint density at radius 1 is 1.15 bits per heavy atom. The van der Waals surface area contributed by atoms with E-state index in [-0.39, 0.29) is 16.2 Å². The van der Waals surface area contributed by atoms with Gasteiger partial charge in [-0.3, -0.25) is 14.3 Å². The van der Waals surface area contributed by atoms with Crippen molar-refractivity contribution < 1.29 is 9.50 Å². The number of rotatable bonds is 2. The van der Waals surface area contributed by atoms with Crippen LogP contribution in [0.2, 0.25) is 0 Å². The zero-order valence-corrected chi connectivity index (χ0v) is 14.5. The molecule has 3 N–H and O–H groups in total. The molecule has 0 saturated heterocycles. The normalized spacial score (nSPS) is 16.3. The molecule has 1 aliphatic rings. The van der Waals surface area contributed by atoms with Crippen LogP contribution in [0.4, 0.5) is 4.39 Å². The van der Waals surface area contributed by atoms with Gasteiger partial charge in [0.05, 0.1) is 17.3 Å². The maximum absolute atomic E-state index is 13.2. The number of halogens is 1. The molecular formula is C19H16FN3O2S. The molecule has 0 amide bonds. The van der Waals surface area contributed by atoms with E-state index in [9.17, 15) is 14.3 Å². The van der Waals surface area contributed by atoms with Crippen molar-refractivity contribution >= 4 is 12.2 Å². The summed E-state index contributed by atoms with van der Waals surface area (Å²) in [6.07, 6.45) is 0.850. The summed E-state index contributed by atoms with van der Waals surface area (Å²) in [7, 11) is 0. The standard InChI is InChI=1S/C19H16FN3O2S/c20-12-5-7-13(8-6-12)23-18(25)15(17(24)22-19(23)26)16-14-4-2-1-3-11(14)9-10-21-16/h1-8,16,21,25H,9-10H2,(H,22,24,26). The van der Waals surface area contributed by atoms with Crippen molar-refractivity contribution in [1.29, 1.82) is 0 Å². The van der Waals surface area contributed by atoms with Crippen LogP contribution in [0, 0.1) is 10.6 Å². The lowest BCUT2D eigenvalue weighted by Crippen LogP contribution is -2.35. The van der Waals surface area contributed by atoms with Crippen molar-refractivity contribution in [3.05, 3.63) is 86.2 Å². The fourth-order valence-electron chi connectivity index (χ4n) is 3.39. The fraction of sp³-hybridized carbons (Fsp3) is 0.158. The molecule has 0 aliphatic carbocycles. The number of hydrogen-bond acceptors (Lipinski definition) is 4. The molecule has 4 rings (SSSR count). The molecule has 0 bridgehead atoms. The van der Waals surface area contributed by atoms with E-state index < -0.39 is 17.4 Å². The highest BCUT2D eigenvalue weighted by Gasteiger charge is 2.28. The van der Waals surface area contributed by atoms with Crippen molar-refractivity contribution in [3.8, 4) is 11.6 Å². The number of nitrogens with zero attached hydrogens (tertiary/aromatic N) is 1. The van der Waals surface area contributed by atoms with Gasteiger partial charge in [0.25, 0.3) is 5.56 Å². The van der Waals surface area contributed by atoms with Crippen molar-refractivity contribution in [3.63, 3.8) is 0 Å². The third-order valence-corrected chi connectivity index (χ3v) is 4.89. The van der Waals surface area contributed by atoms with Gasteiger partial charge in [-0.2, -0.15) is 0 Å².